The van der Waals surface area contributed by atoms with E-state index >= 15 is 0 Å². The fraction of sp³-hybridized carbons (Fsp3) is 0.667. The Morgan fingerprint density at radius 3 is 2.56 bits per heavy atom. The molecule has 0 aromatic heterocycles. The molecule has 6 nitrogen and oxygen atoms in total. The second kappa shape index (κ2) is 10.6. The minimum Gasteiger partial charge on any atom is -0.393 e. The monoisotopic (exact) mass is 374 g/mol. The zero-order valence-corrected chi connectivity index (χ0v) is 16.5. The highest BCUT2D eigenvalue weighted by Crippen LogP contribution is 2.18. The van der Waals surface area contributed by atoms with E-state index in [2.05, 4.69) is 46.7 Å². The van der Waals surface area contributed by atoms with Crippen LogP contribution in [0.3, 0.4) is 0 Å². The van der Waals surface area contributed by atoms with Gasteiger partial charge in [0.1, 0.15) is 0 Å². The molecule has 0 bridgehead atoms. The first-order valence-electron chi connectivity index (χ1n) is 10.3. The maximum atomic E-state index is 9.70. The summed E-state index contributed by atoms with van der Waals surface area (Å²) in [5.74, 6) is 0.875. The zero-order chi connectivity index (χ0) is 18.9. The largest absolute Gasteiger partial charge is 0.393 e. The molecule has 0 spiro atoms. The van der Waals surface area contributed by atoms with Crippen LogP contribution in [0.15, 0.2) is 29.3 Å². The number of aliphatic hydroxyl groups excluding tert-OH is 1. The number of ether oxygens (including phenoxy) is 1. The van der Waals surface area contributed by atoms with Crippen LogP contribution >= 0.6 is 0 Å². The number of aliphatic imine (C=N–C) groups is 1. The van der Waals surface area contributed by atoms with Gasteiger partial charge in [0.2, 0.25) is 0 Å². The molecule has 0 unspecified atom stereocenters. The third-order valence-electron chi connectivity index (χ3n) is 5.41. The molecule has 0 amide bonds. The summed E-state index contributed by atoms with van der Waals surface area (Å²) < 4.78 is 5.46. The van der Waals surface area contributed by atoms with Gasteiger partial charge in [-0.1, -0.05) is 24.3 Å². The Morgan fingerprint density at radius 1 is 1.15 bits per heavy atom. The number of hydrogen-bond donors (Lipinski definition) is 3. The zero-order valence-electron chi connectivity index (χ0n) is 16.5. The molecule has 2 fully saturated rings. The Bertz CT molecular complexity index is 594. The fourth-order valence-electron chi connectivity index (χ4n) is 3.76. The van der Waals surface area contributed by atoms with Crippen LogP contribution < -0.4 is 10.6 Å². The molecule has 27 heavy (non-hydrogen) atoms. The van der Waals surface area contributed by atoms with E-state index in [-0.39, 0.29) is 6.10 Å². The molecule has 0 radical (unpaired) electrons. The van der Waals surface area contributed by atoms with Gasteiger partial charge in [0, 0.05) is 32.2 Å². The molecular formula is C21H34N4O2. The predicted molar refractivity (Wildman–Crippen MR) is 109 cm³/mol. The molecule has 3 rings (SSSR count). The van der Waals surface area contributed by atoms with Crippen LogP contribution in [0, 0.1) is 0 Å². The van der Waals surface area contributed by atoms with Crippen molar-refractivity contribution in [3.8, 4) is 0 Å². The summed E-state index contributed by atoms with van der Waals surface area (Å²) in [6.45, 7) is 8.20. The van der Waals surface area contributed by atoms with E-state index in [0.717, 1.165) is 71.0 Å². The number of nitrogens with zero attached hydrogens (tertiary/aromatic N) is 2. The van der Waals surface area contributed by atoms with Gasteiger partial charge in [0.05, 0.1) is 25.9 Å². The van der Waals surface area contributed by atoms with Crippen molar-refractivity contribution in [2.24, 2.45) is 4.99 Å². The Labute approximate surface area is 163 Å². The molecular weight excluding hydrogens is 340 g/mol. The van der Waals surface area contributed by atoms with E-state index in [1.807, 2.05) is 0 Å². The molecule has 1 saturated heterocycles. The van der Waals surface area contributed by atoms with Crippen molar-refractivity contribution in [1.29, 1.82) is 0 Å². The predicted octanol–water partition coefficient (Wildman–Crippen LogP) is 1.88. The second-order valence-electron chi connectivity index (χ2n) is 7.50. The van der Waals surface area contributed by atoms with Gasteiger partial charge in [-0.05, 0) is 43.7 Å². The normalized spacial score (nSPS) is 24.6. The van der Waals surface area contributed by atoms with E-state index in [1.165, 1.54) is 11.1 Å². The Balaban J connectivity index is 1.61. The van der Waals surface area contributed by atoms with E-state index in [4.69, 9.17) is 9.73 Å². The summed E-state index contributed by atoms with van der Waals surface area (Å²) in [5.41, 5.74) is 2.63. The average Bonchev–Trinajstić information content (AvgIpc) is 2.70. The minimum absolute atomic E-state index is 0.130. The number of hydrogen-bond acceptors (Lipinski definition) is 4. The lowest BCUT2D eigenvalue weighted by Crippen LogP contribution is -2.45. The van der Waals surface area contributed by atoms with E-state index < -0.39 is 0 Å². The van der Waals surface area contributed by atoms with Crippen molar-refractivity contribution in [3.05, 3.63) is 35.4 Å². The van der Waals surface area contributed by atoms with Crippen LogP contribution in [0.25, 0.3) is 0 Å². The highest BCUT2D eigenvalue weighted by Gasteiger charge is 2.20. The van der Waals surface area contributed by atoms with Crippen molar-refractivity contribution < 1.29 is 9.84 Å². The lowest BCUT2D eigenvalue weighted by molar-refractivity contribution is 0.0341. The minimum atomic E-state index is -0.130. The Hall–Kier alpha value is -1.63. The van der Waals surface area contributed by atoms with Gasteiger partial charge in [-0.15, -0.1) is 0 Å². The van der Waals surface area contributed by atoms with Crippen molar-refractivity contribution in [2.45, 2.75) is 57.8 Å². The number of aliphatic hydroxyl groups is 1. The Morgan fingerprint density at radius 2 is 1.85 bits per heavy atom. The van der Waals surface area contributed by atoms with Gasteiger partial charge >= 0.3 is 0 Å². The number of nitrogens with one attached hydrogen (secondary N) is 2. The molecule has 2 aliphatic rings. The van der Waals surface area contributed by atoms with Gasteiger partial charge in [0.15, 0.2) is 5.96 Å². The molecule has 1 heterocycles. The summed E-state index contributed by atoms with van der Waals surface area (Å²) in [6, 6.07) is 8.99. The molecule has 3 N–H and O–H groups in total. The van der Waals surface area contributed by atoms with Crippen LogP contribution in [0.2, 0.25) is 0 Å². The second-order valence-corrected chi connectivity index (χ2v) is 7.50. The van der Waals surface area contributed by atoms with Crippen LogP contribution in [-0.4, -0.2) is 61.0 Å². The first-order valence-corrected chi connectivity index (χ1v) is 10.3. The number of benzene rings is 1. The third kappa shape index (κ3) is 6.48. The number of guanidine groups is 1. The number of morpholine rings is 1. The lowest BCUT2D eigenvalue weighted by atomic mass is 9.93. The SMILES string of the molecule is CCNC(=NCc1ccccc1CN1CCOCC1)NC1CCC(O)CC1. The van der Waals surface area contributed by atoms with Crippen molar-refractivity contribution in [3.63, 3.8) is 0 Å². The Kier molecular flexibility index (Phi) is 7.93. The topological polar surface area (TPSA) is 69.1 Å². The van der Waals surface area contributed by atoms with Crippen LogP contribution in [0.4, 0.5) is 0 Å². The summed E-state index contributed by atoms with van der Waals surface area (Å²) in [5, 5.41) is 16.6. The third-order valence-corrected chi connectivity index (χ3v) is 5.41. The van der Waals surface area contributed by atoms with E-state index in [0.29, 0.717) is 12.6 Å². The van der Waals surface area contributed by atoms with Gasteiger partial charge < -0.3 is 20.5 Å². The molecule has 150 valence electrons. The van der Waals surface area contributed by atoms with Crippen molar-refractivity contribution >= 4 is 5.96 Å². The van der Waals surface area contributed by atoms with Crippen LogP contribution in [0.5, 0.6) is 0 Å². The number of rotatable bonds is 6. The average molecular weight is 375 g/mol. The maximum absolute atomic E-state index is 9.70. The first-order chi connectivity index (χ1) is 13.2. The van der Waals surface area contributed by atoms with E-state index in [9.17, 15) is 5.11 Å². The summed E-state index contributed by atoms with van der Waals surface area (Å²) >= 11 is 0. The molecule has 1 aromatic carbocycles. The van der Waals surface area contributed by atoms with Crippen molar-refractivity contribution in [1.82, 2.24) is 15.5 Å². The summed E-state index contributed by atoms with van der Waals surface area (Å²) in [6.07, 6.45) is 3.62. The highest BCUT2D eigenvalue weighted by molar-refractivity contribution is 5.80. The molecule has 6 heteroatoms. The quantitative estimate of drug-likeness (QED) is 0.524. The molecule has 0 atom stereocenters. The van der Waals surface area contributed by atoms with Gasteiger partial charge in [-0.25, -0.2) is 4.99 Å². The summed E-state index contributed by atoms with van der Waals surface area (Å²) in [4.78, 5) is 7.29. The standard InChI is InChI=1S/C21H34N4O2/c1-2-22-21(24-19-7-9-20(26)10-8-19)23-15-17-5-3-4-6-18(17)16-25-11-13-27-14-12-25/h3-6,19-20,26H,2,7-16H2,1H3,(H2,22,23,24). The van der Waals surface area contributed by atoms with Crippen molar-refractivity contribution in [2.75, 3.05) is 32.8 Å². The molecule has 1 saturated carbocycles. The van der Waals surface area contributed by atoms with Crippen LogP contribution in [0.1, 0.15) is 43.7 Å². The molecule has 1 aromatic rings. The van der Waals surface area contributed by atoms with E-state index in [1.54, 1.807) is 0 Å². The fourth-order valence-corrected chi connectivity index (χ4v) is 3.76. The first kappa shape index (κ1) is 20.1. The smallest absolute Gasteiger partial charge is 0.191 e. The molecule has 1 aliphatic carbocycles. The van der Waals surface area contributed by atoms with Gasteiger partial charge in [-0.3, -0.25) is 4.90 Å². The summed E-state index contributed by atoms with van der Waals surface area (Å²) in [7, 11) is 0. The van der Waals surface area contributed by atoms with Gasteiger partial charge in [-0.2, -0.15) is 0 Å². The maximum Gasteiger partial charge on any atom is 0.191 e. The lowest BCUT2D eigenvalue weighted by Gasteiger charge is -2.28. The molecule has 1 aliphatic heterocycles. The highest BCUT2D eigenvalue weighted by atomic mass is 16.5. The van der Waals surface area contributed by atoms with Crippen LogP contribution in [-0.2, 0) is 17.8 Å². The van der Waals surface area contributed by atoms with Gasteiger partial charge in [0.25, 0.3) is 0 Å².